The molecule has 1 aliphatic rings. The van der Waals surface area contributed by atoms with Gasteiger partial charge in [-0.05, 0) is 49.4 Å². The predicted octanol–water partition coefficient (Wildman–Crippen LogP) is 2.08. The highest BCUT2D eigenvalue weighted by Crippen LogP contribution is 2.25. The molecule has 158 valence electrons. The summed E-state index contributed by atoms with van der Waals surface area (Å²) in [7, 11) is 1.54. The van der Waals surface area contributed by atoms with Gasteiger partial charge in [-0.15, -0.1) is 5.10 Å². The molecule has 2 aromatic heterocycles. The number of aryl methyl sites for hydroxylation is 1. The molecule has 0 radical (unpaired) electrons. The first-order valence-electron chi connectivity index (χ1n) is 10.1. The molecule has 1 unspecified atom stereocenters. The van der Waals surface area contributed by atoms with Crippen molar-refractivity contribution in [2.45, 2.75) is 33.2 Å². The van der Waals surface area contributed by atoms with E-state index in [2.05, 4.69) is 27.2 Å². The van der Waals surface area contributed by atoms with Gasteiger partial charge in [-0.25, -0.2) is 13.9 Å². The van der Waals surface area contributed by atoms with E-state index in [1.165, 1.54) is 10.8 Å². The van der Waals surface area contributed by atoms with Crippen molar-refractivity contribution in [1.29, 1.82) is 0 Å². The third-order valence-electron chi connectivity index (χ3n) is 5.34. The summed E-state index contributed by atoms with van der Waals surface area (Å²) in [6.07, 6.45) is 4.01. The van der Waals surface area contributed by atoms with Crippen molar-refractivity contribution in [3.05, 3.63) is 46.5 Å². The van der Waals surface area contributed by atoms with Crippen LogP contribution in [0.4, 0.5) is 11.5 Å². The molecular formula is C21H26N6O3. The molecule has 0 spiro atoms. The van der Waals surface area contributed by atoms with E-state index in [1.807, 2.05) is 25.1 Å². The number of ether oxygens (including phenoxy) is 1. The van der Waals surface area contributed by atoms with Crippen LogP contribution in [0, 0.1) is 12.8 Å². The Morgan fingerprint density at radius 3 is 2.93 bits per heavy atom. The van der Waals surface area contributed by atoms with Crippen LogP contribution in [0.1, 0.15) is 25.3 Å². The number of hydrogen-bond donors (Lipinski definition) is 1. The summed E-state index contributed by atoms with van der Waals surface area (Å²) in [4.78, 5) is 31.9. The molecule has 0 aliphatic carbocycles. The summed E-state index contributed by atoms with van der Waals surface area (Å²) in [6.45, 7) is 5.82. The SMILES string of the molecule is COc1ccc(C)cc1NC(=O)Cn1nc2nc(N3CCCC(C)C3)ccn2c1=O. The summed E-state index contributed by atoms with van der Waals surface area (Å²) < 4.78 is 7.77. The molecule has 1 aliphatic heterocycles. The van der Waals surface area contributed by atoms with E-state index in [1.54, 1.807) is 19.4 Å². The molecule has 0 bridgehead atoms. The Morgan fingerprint density at radius 1 is 1.33 bits per heavy atom. The summed E-state index contributed by atoms with van der Waals surface area (Å²) in [5.74, 6) is 1.89. The summed E-state index contributed by atoms with van der Waals surface area (Å²) in [5.41, 5.74) is 1.14. The average Bonchev–Trinajstić information content (AvgIpc) is 3.03. The van der Waals surface area contributed by atoms with Crippen LogP contribution in [0.15, 0.2) is 35.3 Å². The molecule has 0 saturated carbocycles. The van der Waals surface area contributed by atoms with Crippen LogP contribution in [-0.2, 0) is 11.3 Å². The fourth-order valence-electron chi connectivity index (χ4n) is 3.82. The molecule has 1 amide bonds. The molecule has 1 N–H and O–H groups in total. The normalized spacial score (nSPS) is 16.6. The van der Waals surface area contributed by atoms with Gasteiger partial charge >= 0.3 is 5.69 Å². The summed E-state index contributed by atoms with van der Waals surface area (Å²) >= 11 is 0. The number of carbonyl (C=O) groups is 1. The lowest BCUT2D eigenvalue weighted by atomic mass is 10.0. The van der Waals surface area contributed by atoms with Crippen LogP contribution in [-0.4, -0.2) is 45.3 Å². The second-order valence-electron chi connectivity index (χ2n) is 7.84. The van der Waals surface area contributed by atoms with Crippen LogP contribution in [0.25, 0.3) is 5.78 Å². The number of nitrogens with zero attached hydrogens (tertiary/aromatic N) is 5. The number of benzene rings is 1. The Morgan fingerprint density at radius 2 is 2.17 bits per heavy atom. The van der Waals surface area contributed by atoms with Gasteiger partial charge in [0.15, 0.2) is 0 Å². The lowest BCUT2D eigenvalue weighted by Gasteiger charge is -2.31. The number of amides is 1. The number of fused-ring (bicyclic) bond motifs is 1. The van der Waals surface area contributed by atoms with Crippen LogP contribution in [0.5, 0.6) is 5.75 Å². The first-order chi connectivity index (χ1) is 14.4. The highest BCUT2D eigenvalue weighted by molar-refractivity contribution is 5.92. The van der Waals surface area contributed by atoms with E-state index in [4.69, 9.17) is 4.74 Å². The number of piperidine rings is 1. The van der Waals surface area contributed by atoms with Crippen molar-refractivity contribution < 1.29 is 9.53 Å². The van der Waals surface area contributed by atoms with Gasteiger partial charge in [0.1, 0.15) is 18.1 Å². The Kier molecular flexibility index (Phi) is 5.43. The van der Waals surface area contributed by atoms with E-state index in [0.717, 1.165) is 35.6 Å². The van der Waals surface area contributed by atoms with Crippen LogP contribution < -0.4 is 20.6 Å². The average molecular weight is 410 g/mol. The zero-order valence-corrected chi connectivity index (χ0v) is 17.5. The summed E-state index contributed by atoms with van der Waals surface area (Å²) in [6, 6.07) is 7.33. The topological polar surface area (TPSA) is 93.8 Å². The highest BCUT2D eigenvalue weighted by atomic mass is 16.5. The van der Waals surface area contributed by atoms with Crippen molar-refractivity contribution in [2.75, 3.05) is 30.4 Å². The quantitative estimate of drug-likeness (QED) is 0.692. The van der Waals surface area contributed by atoms with Crippen molar-refractivity contribution in [3.63, 3.8) is 0 Å². The minimum atomic E-state index is -0.401. The molecule has 3 heterocycles. The van der Waals surface area contributed by atoms with Crippen molar-refractivity contribution in [1.82, 2.24) is 19.2 Å². The maximum absolute atomic E-state index is 12.6. The molecule has 30 heavy (non-hydrogen) atoms. The first kappa shape index (κ1) is 19.9. The zero-order valence-electron chi connectivity index (χ0n) is 17.5. The summed E-state index contributed by atoms with van der Waals surface area (Å²) in [5, 5.41) is 7.05. The fourth-order valence-corrected chi connectivity index (χ4v) is 3.82. The third-order valence-corrected chi connectivity index (χ3v) is 5.34. The molecule has 1 saturated heterocycles. The number of nitrogens with one attached hydrogen (secondary N) is 1. The van der Waals surface area contributed by atoms with E-state index in [0.29, 0.717) is 17.4 Å². The maximum atomic E-state index is 12.6. The molecule has 3 aromatic rings. The second-order valence-corrected chi connectivity index (χ2v) is 7.84. The van der Waals surface area contributed by atoms with Gasteiger partial charge < -0.3 is 15.0 Å². The first-order valence-corrected chi connectivity index (χ1v) is 10.1. The lowest BCUT2D eigenvalue weighted by Crippen LogP contribution is -2.35. The fraction of sp³-hybridized carbons (Fsp3) is 0.429. The second kappa shape index (κ2) is 8.17. The molecule has 9 heteroatoms. The van der Waals surface area contributed by atoms with Gasteiger partial charge in [-0.3, -0.25) is 4.79 Å². The molecule has 1 atom stereocenters. The minimum Gasteiger partial charge on any atom is -0.495 e. The number of methoxy groups -OCH3 is 1. The van der Waals surface area contributed by atoms with E-state index < -0.39 is 5.69 Å². The number of anilines is 2. The van der Waals surface area contributed by atoms with Crippen LogP contribution in [0.3, 0.4) is 0 Å². The van der Waals surface area contributed by atoms with E-state index in [-0.39, 0.29) is 18.2 Å². The maximum Gasteiger partial charge on any atom is 0.352 e. The van der Waals surface area contributed by atoms with Crippen molar-refractivity contribution >= 4 is 23.2 Å². The van der Waals surface area contributed by atoms with Gasteiger partial charge in [0, 0.05) is 19.3 Å². The van der Waals surface area contributed by atoms with Gasteiger partial charge in [0.05, 0.1) is 12.8 Å². The third kappa shape index (κ3) is 4.00. The smallest absolute Gasteiger partial charge is 0.352 e. The minimum absolute atomic E-state index is 0.213. The standard InChI is InChI=1S/C21H26N6O3/c1-14-6-7-17(30-3)16(11-14)22-19(28)13-27-21(29)26-10-8-18(23-20(26)24-27)25-9-4-5-15(2)12-25/h6-8,10-11,15H,4-5,9,12-13H2,1-3H3,(H,22,28). The predicted molar refractivity (Wildman–Crippen MR) is 114 cm³/mol. The molecule has 1 aromatic carbocycles. The number of aromatic nitrogens is 4. The Balaban J connectivity index is 1.54. The van der Waals surface area contributed by atoms with Crippen molar-refractivity contribution in [3.8, 4) is 5.75 Å². The number of hydrogen-bond acceptors (Lipinski definition) is 6. The van der Waals surface area contributed by atoms with Gasteiger partial charge in [0.25, 0.3) is 5.78 Å². The van der Waals surface area contributed by atoms with E-state index >= 15 is 0 Å². The Hall–Kier alpha value is -3.36. The van der Waals surface area contributed by atoms with Gasteiger partial charge in [0.2, 0.25) is 5.91 Å². The monoisotopic (exact) mass is 410 g/mol. The van der Waals surface area contributed by atoms with E-state index in [9.17, 15) is 9.59 Å². The van der Waals surface area contributed by atoms with Crippen LogP contribution >= 0.6 is 0 Å². The highest BCUT2D eigenvalue weighted by Gasteiger charge is 2.19. The molecule has 1 fully saturated rings. The van der Waals surface area contributed by atoms with Gasteiger partial charge in [-0.1, -0.05) is 13.0 Å². The molecule has 4 rings (SSSR count). The lowest BCUT2D eigenvalue weighted by molar-refractivity contribution is -0.117. The number of carbonyl (C=O) groups excluding carboxylic acids is 1. The molecular weight excluding hydrogens is 384 g/mol. The van der Waals surface area contributed by atoms with Crippen molar-refractivity contribution in [2.24, 2.45) is 5.92 Å². The Labute approximate surface area is 174 Å². The Bertz CT molecular complexity index is 1140. The largest absolute Gasteiger partial charge is 0.495 e. The zero-order chi connectivity index (χ0) is 21.3. The van der Waals surface area contributed by atoms with Crippen LogP contribution in [0.2, 0.25) is 0 Å². The molecule has 9 nitrogen and oxygen atoms in total. The number of rotatable bonds is 5. The van der Waals surface area contributed by atoms with Gasteiger partial charge in [-0.2, -0.15) is 4.98 Å².